The summed E-state index contributed by atoms with van der Waals surface area (Å²) in [7, 11) is 2.84. The van der Waals surface area contributed by atoms with Crippen LogP contribution in [0, 0.1) is 11.3 Å². The molecular weight excluding hydrogens is 354 g/mol. The quantitative estimate of drug-likeness (QED) is 0.423. The van der Waals surface area contributed by atoms with Crippen LogP contribution in [0.5, 0.6) is 0 Å². The number of nitrogens with one attached hydrogen (secondary N) is 1. The number of benzene rings is 2. The van der Waals surface area contributed by atoms with Gasteiger partial charge in [0.15, 0.2) is 0 Å². The number of hydrogen-bond acceptors (Lipinski definition) is 4. The molecular formula is C22H19N3O3. The second-order valence-electron chi connectivity index (χ2n) is 6.17. The number of methoxy groups -OCH3 is 1. The molecule has 0 bridgehead atoms. The number of carbonyl (C=O) groups is 2. The first-order chi connectivity index (χ1) is 13.6. The van der Waals surface area contributed by atoms with Crippen molar-refractivity contribution >= 4 is 28.9 Å². The van der Waals surface area contributed by atoms with E-state index < -0.39 is 5.91 Å². The molecule has 1 heterocycles. The summed E-state index contributed by atoms with van der Waals surface area (Å²) in [5.41, 5.74) is 3.21. The van der Waals surface area contributed by atoms with Crippen molar-refractivity contribution in [1.82, 2.24) is 9.88 Å². The van der Waals surface area contributed by atoms with Crippen LogP contribution in [-0.2, 0) is 16.1 Å². The van der Waals surface area contributed by atoms with Gasteiger partial charge in [-0.1, -0.05) is 30.3 Å². The van der Waals surface area contributed by atoms with Crippen molar-refractivity contribution in [3.63, 3.8) is 0 Å². The molecule has 0 spiro atoms. The number of nitriles is 1. The third-order valence-electron chi connectivity index (χ3n) is 4.41. The van der Waals surface area contributed by atoms with Gasteiger partial charge in [-0.25, -0.2) is 4.79 Å². The van der Waals surface area contributed by atoms with E-state index in [1.54, 1.807) is 18.2 Å². The molecule has 140 valence electrons. The summed E-state index contributed by atoms with van der Waals surface area (Å²) in [5, 5.41) is 12.7. The zero-order valence-corrected chi connectivity index (χ0v) is 15.6. The average Bonchev–Trinajstić information content (AvgIpc) is 3.08. The zero-order chi connectivity index (χ0) is 20.1. The number of aromatic nitrogens is 1. The Labute approximate surface area is 162 Å². The molecule has 3 rings (SSSR count). The molecule has 2 aromatic carbocycles. The first-order valence-electron chi connectivity index (χ1n) is 8.66. The Hall–Kier alpha value is -3.85. The maximum absolute atomic E-state index is 11.9. The van der Waals surface area contributed by atoms with Gasteiger partial charge in [-0.3, -0.25) is 4.79 Å². The van der Waals surface area contributed by atoms with E-state index >= 15 is 0 Å². The molecule has 1 N–H and O–H groups in total. The molecule has 0 radical (unpaired) electrons. The fourth-order valence-electron chi connectivity index (χ4n) is 3.07. The summed E-state index contributed by atoms with van der Waals surface area (Å²) in [5.74, 6) is -0.808. The number of esters is 1. The lowest BCUT2D eigenvalue weighted by atomic mass is 10.1. The van der Waals surface area contributed by atoms with Crippen LogP contribution in [0.2, 0.25) is 0 Å². The molecule has 0 unspecified atom stereocenters. The van der Waals surface area contributed by atoms with Crippen LogP contribution in [0.3, 0.4) is 0 Å². The maximum atomic E-state index is 11.9. The van der Waals surface area contributed by atoms with Gasteiger partial charge in [0, 0.05) is 36.3 Å². The van der Waals surface area contributed by atoms with Crippen LogP contribution < -0.4 is 5.32 Å². The molecule has 0 atom stereocenters. The average molecular weight is 373 g/mol. The van der Waals surface area contributed by atoms with Gasteiger partial charge in [0.2, 0.25) is 0 Å². The summed E-state index contributed by atoms with van der Waals surface area (Å²) >= 11 is 0. The molecule has 3 aromatic rings. The van der Waals surface area contributed by atoms with E-state index in [2.05, 4.69) is 5.32 Å². The van der Waals surface area contributed by atoms with Gasteiger partial charge < -0.3 is 14.6 Å². The number of hydrogen-bond donors (Lipinski definition) is 1. The Morgan fingerprint density at radius 3 is 2.71 bits per heavy atom. The van der Waals surface area contributed by atoms with Crippen molar-refractivity contribution < 1.29 is 14.3 Å². The highest BCUT2D eigenvalue weighted by Crippen LogP contribution is 2.25. The number of nitrogens with zero attached hydrogens (tertiary/aromatic N) is 2. The third kappa shape index (κ3) is 3.79. The Balaban J connectivity index is 2.04. The van der Waals surface area contributed by atoms with Gasteiger partial charge in [-0.2, -0.15) is 5.26 Å². The highest BCUT2D eigenvalue weighted by atomic mass is 16.5. The molecule has 6 heteroatoms. The van der Waals surface area contributed by atoms with Crippen LogP contribution in [0.4, 0.5) is 0 Å². The van der Waals surface area contributed by atoms with E-state index in [1.807, 2.05) is 53.2 Å². The van der Waals surface area contributed by atoms with Crippen LogP contribution in [0.25, 0.3) is 17.0 Å². The second kappa shape index (κ2) is 8.23. The van der Waals surface area contributed by atoms with Gasteiger partial charge in [-0.15, -0.1) is 0 Å². The summed E-state index contributed by atoms with van der Waals surface area (Å²) in [4.78, 5) is 23.6. The molecule has 0 aliphatic carbocycles. The smallest absolute Gasteiger partial charge is 0.337 e. The third-order valence-corrected chi connectivity index (χ3v) is 4.41. The molecule has 0 aliphatic rings. The van der Waals surface area contributed by atoms with Crippen LogP contribution in [0.15, 0.2) is 60.3 Å². The number of ether oxygens (including phenoxy) is 1. The van der Waals surface area contributed by atoms with Crippen molar-refractivity contribution in [3.8, 4) is 6.07 Å². The molecule has 0 aliphatic heterocycles. The van der Waals surface area contributed by atoms with Crippen molar-refractivity contribution in [2.24, 2.45) is 0 Å². The summed E-state index contributed by atoms with van der Waals surface area (Å²) in [6.45, 7) is 0.529. The van der Waals surface area contributed by atoms with Gasteiger partial charge in [-0.05, 0) is 29.8 Å². The van der Waals surface area contributed by atoms with Crippen molar-refractivity contribution in [3.05, 3.63) is 77.0 Å². The Morgan fingerprint density at radius 2 is 2.00 bits per heavy atom. The standard InChI is InChI=1S/C22H19N3O3/c1-24-21(26)17(12-23)11-18-14-25(20-9-4-3-8-19(18)20)13-15-6-5-7-16(10-15)22(27)28-2/h3-11,14H,13H2,1-2H3,(H,24,26)/b17-11-. The lowest BCUT2D eigenvalue weighted by Gasteiger charge is -2.07. The van der Waals surface area contributed by atoms with E-state index in [0.717, 1.165) is 22.0 Å². The number of amides is 1. The van der Waals surface area contributed by atoms with Crippen LogP contribution in [-0.4, -0.2) is 30.6 Å². The highest BCUT2D eigenvalue weighted by molar-refractivity contribution is 6.03. The fraction of sp³-hybridized carbons (Fsp3) is 0.136. The van der Waals surface area contributed by atoms with Crippen LogP contribution >= 0.6 is 0 Å². The van der Waals surface area contributed by atoms with E-state index in [1.165, 1.54) is 14.2 Å². The minimum atomic E-state index is -0.426. The number of likely N-dealkylation sites (N-methyl/N-ethyl adjacent to an activating group) is 1. The molecule has 6 nitrogen and oxygen atoms in total. The number of carbonyl (C=O) groups excluding carboxylic acids is 2. The SMILES string of the molecule is CNC(=O)/C(C#N)=C\c1cn(Cc2cccc(C(=O)OC)c2)c2ccccc12. The molecule has 0 saturated carbocycles. The monoisotopic (exact) mass is 373 g/mol. The van der Waals surface area contributed by atoms with E-state index in [-0.39, 0.29) is 11.5 Å². The predicted molar refractivity (Wildman–Crippen MR) is 106 cm³/mol. The second-order valence-corrected chi connectivity index (χ2v) is 6.17. The first-order valence-corrected chi connectivity index (χ1v) is 8.66. The lowest BCUT2D eigenvalue weighted by Crippen LogP contribution is -2.19. The van der Waals surface area contributed by atoms with Gasteiger partial charge >= 0.3 is 5.97 Å². The summed E-state index contributed by atoms with van der Waals surface area (Å²) < 4.78 is 6.81. The first kappa shape index (κ1) is 18.9. The van der Waals surface area contributed by atoms with E-state index in [0.29, 0.717) is 12.1 Å². The van der Waals surface area contributed by atoms with Gasteiger partial charge in [0.25, 0.3) is 5.91 Å². The number of fused-ring (bicyclic) bond motifs is 1. The molecule has 0 fully saturated rings. The molecule has 28 heavy (non-hydrogen) atoms. The summed E-state index contributed by atoms with van der Waals surface area (Å²) in [6.07, 6.45) is 3.48. The Bertz CT molecular complexity index is 1120. The van der Waals surface area contributed by atoms with Crippen LogP contribution in [0.1, 0.15) is 21.5 Å². The largest absolute Gasteiger partial charge is 0.465 e. The Kier molecular flexibility index (Phi) is 5.56. The van der Waals surface area contributed by atoms with E-state index in [9.17, 15) is 14.9 Å². The topological polar surface area (TPSA) is 84.1 Å². The molecule has 0 saturated heterocycles. The van der Waals surface area contributed by atoms with Crippen molar-refractivity contribution in [1.29, 1.82) is 5.26 Å². The fourth-order valence-corrected chi connectivity index (χ4v) is 3.07. The van der Waals surface area contributed by atoms with Crippen molar-refractivity contribution in [2.45, 2.75) is 6.54 Å². The molecule has 1 amide bonds. The normalized spacial score (nSPS) is 11.1. The minimum absolute atomic E-state index is 0.0399. The van der Waals surface area contributed by atoms with Gasteiger partial charge in [0.05, 0.1) is 12.7 Å². The lowest BCUT2D eigenvalue weighted by molar-refractivity contribution is -0.116. The van der Waals surface area contributed by atoms with Crippen molar-refractivity contribution in [2.75, 3.05) is 14.2 Å². The minimum Gasteiger partial charge on any atom is -0.465 e. The number of rotatable bonds is 5. The van der Waals surface area contributed by atoms with Gasteiger partial charge in [0.1, 0.15) is 11.6 Å². The number of para-hydroxylation sites is 1. The maximum Gasteiger partial charge on any atom is 0.337 e. The Morgan fingerprint density at radius 1 is 1.21 bits per heavy atom. The molecule has 1 aromatic heterocycles. The zero-order valence-electron chi connectivity index (χ0n) is 15.6. The van der Waals surface area contributed by atoms with E-state index in [4.69, 9.17) is 4.74 Å². The highest BCUT2D eigenvalue weighted by Gasteiger charge is 2.12. The summed E-state index contributed by atoms with van der Waals surface area (Å²) in [6, 6.07) is 16.9. The predicted octanol–water partition coefficient (Wildman–Crippen LogP) is 3.13.